The maximum Gasteiger partial charge on any atom is 0.0282 e. The molecule has 1 nitrogen and oxygen atoms in total. The molecule has 2 rings (SSSR count). The number of hydrogen-bond donors (Lipinski definition) is 1. The van der Waals surface area contributed by atoms with Gasteiger partial charge in [-0.15, -0.1) is 0 Å². The van der Waals surface area contributed by atoms with Crippen LogP contribution < -0.4 is 5.32 Å². The maximum atomic E-state index is 3.63. The second-order valence-electron chi connectivity index (χ2n) is 3.89. The average Bonchev–Trinajstić information content (AvgIpc) is 2.17. The van der Waals surface area contributed by atoms with Crippen molar-refractivity contribution in [2.75, 3.05) is 0 Å². The highest BCUT2D eigenvalue weighted by Gasteiger charge is 2.25. The van der Waals surface area contributed by atoms with Crippen molar-refractivity contribution in [1.29, 1.82) is 0 Å². The topological polar surface area (TPSA) is 12.0 Å². The highest BCUT2D eigenvalue weighted by atomic mass is 15.0. The van der Waals surface area contributed by atoms with E-state index >= 15 is 0 Å². The van der Waals surface area contributed by atoms with Crippen LogP contribution >= 0.6 is 0 Å². The number of nitrogens with one attached hydrogen (secondary N) is 1. The van der Waals surface area contributed by atoms with Gasteiger partial charge in [0.2, 0.25) is 0 Å². The molecule has 0 bridgehead atoms. The standard InChI is InChI=1S/C10H17N/c1-8-7-9-5-3-2-4-6-10(9)11-8/h5,8,10-11H,2-4,6-7H2,1H3. The molecule has 1 aliphatic carbocycles. The van der Waals surface area contributed by atoms with Gasteiger partial charge in [0.25, 0.3) is 0 Å². The molecule has 0 aromatic heterocycles. The summed E-state index contributed by atoms with van der Waals surface area (Å²) in [5.74, 6) is 0. The van der Waals surface area contributed by atoms with Crippen molar-refractivity contribution < 1.29 is 0 Å². The fraction of sp³-hybridized carbons (Fsp3) is 0.800. The summed E-state index contributed by atoms with van der Waals surface area (Å²) in [7, 11) is 0. The molecule has 0 aromatic carbocycles. The molecule has 1 N–H and O–H groups in total. The minimum atomic E-state index is 0.726. The smallest absolute Gasteiger partial charge is 0.0282 e. The van der Waals surface area contributed by atoms with Crippen LogP contribution in [0.3, 0.4) is 0 Å². The van der Waals surface area contributed by atoms with Gasteiger partial charge in [-0.3, -0.25) is 0 Å². The van der Waals surface area contributed by atoms with Crippen molar-refractivity contribution in [2.45, 2.75) is 51.1 Å². The van der Waals surface area contributed by atoms with Crippen molar-refractivity contribution in [2.24, 2.45) is 0 Å². The Balaban J connectivity index is 2.10. The first-order chi connectivity index (χ1) is 5.36. The van der Waals surface area contributed by atoms with E-state index in [2.05, 4.69) is 18.3 Å². The molecule has 0 saturated carbocycles. The average molecular weight is 151 g/mol. The Labute approximate surface area is 68.9 Å². The zero-order chi connectivity index (χ0) is 7.68. The summed E-state index contributed by atoms with van der Waals surface area (Å²) < 4.78 is 0. The van der Waals surface area contributed by atoms with E-state index in [4.69, 9.17) is 0 Å². The maximum absolute atomic E-state index is 3.63. The third-order valence-corrected chi connectivity index (χ3v) is 2.83. The summed E-state index contributed by atoms with van der Waals surface area (Å²) >= 11 is 0. The number of allylic oxidation sites excluding steroid dienone is 1. The molecule has 2 aliphatic rings. The summed E-state index contributed by atoms with van der Waals surface area (Å²) in [4.78, 5) is 0. The molecule has 1 heterocycles. The van der Waals surface area contributed by atoms with E-state index in [0.29, 0.717) is 0 Å². The van der Waals surface area contributed by atoms with Crippen LogP contribution in [0, 0.1) is 0 Å². The van der Waals surface area contributed by atoms with E-state index in [0.717, 1.165) is 12.1 Å². The van der Waals surface area contributed by atoms with Crippen molar-refractivity contribution >= 4 is 0 Å². The molecule has 2 atom stereocenters. The van der Waals surface area contributed by atoms with Gasteiger partial charge in [-0.25, -0.2) is 0 Å². The van der Waals surface area contributed by atoms with E-state index in [1.54, 1.807) is 5.57 Å². The summed E-state index contributed by atoms with van der Waals surface area (Å²) in [6.07, 6.45) is 9.26. The van der Waals surface area contributed by atoms with Crippen LogP contribution in [0.2, 0.25) is 0 Å². The lowest BCUT2D eigenvalue weighted by atomic mass is 10.1. The van der Waals surface area contributed by atoms with E-state index in [1.165, 1.54) is 32.1 Å². The fourth-order valence-electron chi connectivity index (χ4n) is 2.28. The van der Waals surface area contributed by atoms with E-state index in [1.807, 2.05) is 0 Å². The Bertz CT molecular complexity index is 172. The molecular formula is C10H17N. The van der Waals surface area contributed by atoms with Gasteiger partial charge in [0.05, 0.1) is 0 Å². The van der Waals surface area contributed by atoms with Gasteiger partial charge in [0.1, 0.15) is 0 Å². The third-order valence-electron chi connectivity index (χ3n) is 2.83. The van der Waals surface area contributed by atoms with Crippen molar-refractivity contribution in [3.05, 3.63) is 11.6 Å². The minimum absolute atomic E-state index is 0.726. The molecule has 0 amide bonds. The lowest BCUT2D eigenvalue weighted by Gasteiger charge is -2.09. The Morgan fingerprint density at radius 2 is 2.36 bits per heavy atom. The Morgan fingerprint density at radius 1 is 1.45 bits per heavy atom. The predicted molar refractivity (Wildman–Crippen MR) is 47.6 cm³/mol. The summed E-state index contributed by atoms with van der Waals surface area (Å²) in [5.41, 5.74) is 1.69. The molecule has 1 aliphatic heterocycles. The zero-order valence-electron chi connectivity index (χ0n) is 7.27. The molecule has 0 spiro atoms. The predicted octanol–water partition coefficient (Wildman–Crippen LogP) is 2.24. The Hall–Kier alpha value is -0.300. The van der Waals surface area contributed by atoms with Crippen LogP contribution in [0.15, 0.2) is 11.6 Å². The van der Waals surface area contributed by atoms with Crippen LogP contribution in [0.5, 0.6) is 0 Å². The second-order valence-corrected chi connectivity index (χ2v) is 3.89. The molecule has 0 aromatic rings. The largest absolute Gasteiger partial charge is 0.307 e. The fourth-order valence-corrected chi connectivity index (χ4v) is 2.28. The van der Waals surface area contributed by atoms with Crippen molar-refractivity contribution in [3.8, 4) is 0 Å². The first-order valence-corrected chi connectivity index (χ1v) is 4.81. The SMILES string of the molecule is CC1CC2=CCCCCC2N1. The molecule has 0 radical (unpaired) electrons. The molecular weight excluding hydrogens is 134 g/mol. The number of rotatable bonds is 0. The molecule has 62 valence electrons. The molecule has 1 saturated heterocycles. The van der Waals surface area contributed by atoms with E-state index < -0.39 is 0 Å². The molecule has 2 unspecified atom stereocenters. The first kappa shape index (κ1) is 7.35. The van der Waals surface area contributed by atoms with Crippen LogP contribution in [0.25, 0.3) is 0 Å². The van der Waals surface area contributed by atoms with Gasteiger partial charge in [0, 0.05) is 12.1 Å². The second kappa shape index (κ2) is 2.98. The molecule has 1 heteroatoms. The lowest BCUT2D eigenvalue weighted by Crippen LogP contribution is -2.27. The van der Waals surface area contributed by atoms with Crippen LogP contribution in [-0.4, -0.2) is 12.1 Å². The summed E-state index contributed by atoms with van der Waals surface area (Å²) in [5, 5.41) is 3.63. The first-order valence-electron chi connectivity index (χ1n) is 4.81. The van der Waals surface area contributed by atoms with Gasteiger partial charge in [0.15, 0.2) is 0 Å². The van der Waals surface area contributed by atoms with Crippen molar-refractivity contribution in [3.63, 3.8) is 0 Å². The van der Waals surface area contributed by atoms with Crippen LogP contribution in [0.1, 0.15) is 39.0 Å². The van der Waals surface area contributed by atoms with Gasteiger partial charge >= 0.3 is 0 Å². The highest BCUT2D eigenvalue weighted by molar-refractivity contribution is 5.18. The zero-order valence-corrected chi connectivity index (χ0v) is 7.27. The van der Waals surface area contributed by atoms with Gasteiger partial charge < -0.3 is 5.32 Å². The van der Waals surface area contributed by atoms with Gasteiger partial charge in [-0.05, 0) is 32.6 Å². The normalized spacial score (nSPS) is 37.7. The highest BCUT2D eigenvalue weighted by Crippen LogP contribution is 2.26. The van der Waals surface area contributed by atoms with Gasteiger partial charge in [-0.2, -0.15) is 0 Å². The van der Waals surface area contributed by atoms with Crippen LogP contribution in [-0.2, 0) is 0 Å². The molecule has 1 fully saturated rings. The number of hydrogen-bond acceptors (Lipinski definition) is 1. The lowest BCUT2D eigenvalue weighted by molar-refractivity contribution is 0.533. The minimum Gasteiger partial charge on any atom is -0.307 e. The summed E-state index contributed by atoms with van der Waals surface area (Å²) in [6.45, 7) is 2.29. The Kier molecular flexibility index (Phi) is 1.99. The van der Waals surface area contributed by atoms with Gasteiger partial charge in [-0.1, -0.05) is 18.1 Å². The Morgan fingerprint density at radius 3 is 3.27 bits per heavy atom. The van der Waals surface area contributed by atoms with E-state index in [9.17, 15) is 0 Å². The number of fused-ring (bicyclic) bond motifs is 1. The van der Waals surface area contributed by atoms with Crippen molar-refractivity contribution in [1.82, 2.24) is 5.32 Å². The molecule has 11 heavy (non-hydrogen) atoms. The third kappa shape index (κ3) is 1.48. The monoisotopic (exact) mass is 151 g/mol. The quantitative estimate of drug-likeness (QED) is 0.523. The van der Waals surface area contributed by atoms with E-state index in [-0.39, 0.29) is 0 Å². The summed E-state index contributed by atoms with van der Waals surface area (Å²) in [6, 6.07) is 1.47. The van der Waals surface area contributed by atoms with Crippen LogP contribution in [0.4, 0.5) is 0 Å².